The first kappa shape index (κ1) is 10.0. The number of fused-ring (bicyclic) bond motifs is 1. The summed E-state index contributed by atoms with van der Waals surface area (Å²) in [5, 5.41) is 0. The molecule has 1 heterocycles. The number of carbonyl (C=O) groups is 1. The lowest BCUT2D eigenvalue weighted by Crippen LogP contribution is -2.63. The number of hydrogen-bond donors (Lipinski definition) is 0. The highest BCUT2D eigenvalue weighted by Gasteiger charge is 2.59. The second-order valence-corrected chi connectivity index (χ2v) is 3.55. The van der Waals surface area contributed by atoms with E-state index in [1.165, 1.54) is 0 Å². The molecule has 80 valence electrons. The van der Waals surface area contributed by atoms with Crippen LogP contribution in [-0.4, -0.2) is 45.3 Å². The van der Waals surface area contributed by atoms with Crippen LogP contribution in [0.5, 0.6) is 0 Å². The molecule has 0 bridgehead atoms. The quantitative estimate of drug-likeness (QED) is 0.587. The van der Waals surface area contributed by atoms with Crippen molar-refractivity contribution in [1.82, 2.24) is 0 Å². The smallest absolute Gasteiger partial charge is 0.195 e. The maximum Gasteiger partial charge on any atom is 0.195 e. The summed E-state index contributed by atoms with van der Waals surface area (Å²) in [6.07, 6.45) is 0.222. The van der Waals surface area contributed by atoms with Crippen molar-refractivity contribution in [3.63, 3.8) is 0 Å². The molecule has 2 rings (SSSR count). The fraction of sp³-hybridized carbons (Fsp3) is 0.889. The Morgan fingerprint density at radius 1 is 1.43 bits per heavy atom. The van der Waals surface area contributed by atoms with Gasteiger partial charge in [0, 0.05) is 20.6 Å². The van der Waals surface area contributed by atoms with E-state index in [-0.39, 0.29) is 31.2 Å². The number of hydrogen-bond acceptors (Lipinski definition) is 5. The van der Waals surface area contributed by atoms with Crippen LogP contribution in [-0.2, 0) is 23.7 Å². The third-order valence-electron chi connectivity index (χ3n) is 2.98. The molecular weight excluding hydrogens is 188 g/mol. The third kappa shape index (κ3) is 1.28. The molecule has 1 aliphatic carbocycles. The Morgan fingerprint density at radius 2 is 2.14 bits per heavy atom. The number of carbonyl (C=O) groups excluding carboxylic acids is 1. The van der Waals surface area contributed by atoms with Crippen LogP contribution in [0.2, 0.25) is 0 Å². The Morgan fingerprint density at radius 3 is 2.79 bits per heavy atom. The van der Waals surface area contributed by atoms with Crippen LogP contribution in [0.4, 0.5) is 0 Å². The van der Waals surface area contributed by atoms with E-state index in [1.54, 1.807) is 14.2 Å². The van der Waals surface area contributed by atoms with Gasteiger partial charge in [0.15, 0.2) is 11.6 Å². The largest absolute Gasteiger partial charge is 0.351 e. The van der Waals surface area contributed by atoms with Gasteiger partial charge in [-0.05, 0) is 0 Å². The number of Topliss-reactive ketones (excluding diaryl/α,β-unsaturated/α-hetero) is 1. The molecule has 0 aromatic rings. The average Bonchev–Trinajstić information content (AvgIpc) is 2.30. The van der Waals surface area contributed by atoms with Gasteiger partial charge in [0.1, 0.15) is 19.5 Å². The van der Waals surface area contributed by atoms with Gasteiger partial charge in [-0.15, -0.1) is 0 Å². The molecular formula is C9H14O5. The zero-order valence-corrected chi connectivity index (χ0v) is 8.32. The van der Waals surface area contributed by atoms with Gasteiger partial charge in [0.25, 0.3) is 0 Å². The Bertz CT molecular complexity index is 235. The van der Waals surface area contributed by atoms with E-state index in [2.05, 4.69) is 0 Å². The zero-order valence-electron chi connectivity index (χ0n) is 8.32. The molecule has 0 N–H and O–H groups in total. The second kappa shape index (κ2) is 3.58. The standard InChI is InChI=1S/C9H14O5/c1-11-9(12-2)3-6-7(10)4-13-5-14-8(6)9/h6,8H,3-5H2,1-2H3/t6-,8-/m0/s1. The van der Waals surface area contributed by atoms with Gasteiger partial charge < -0.3 is 18.9 Å². The minimum Gasteiger partial charge on any atom is -0.351 e. The first-order valence-corrected chi connectivity index (χ1v) is 4.56. The monoisotopic (exact) mass is 202 g/mol. The van der Waals surface area contributed by atoms with E-state index in [4.69, 9.17) is 18.9 Å². The van der Waals surface area contributed by atoms with Gasteiger partial charge in [-0.3, -0.25) is 4.79 Å². The molecule has 1 saturated carbocycles. The molecule has 2 fully saturated rings. The van der Waals surface area contributed by atoms with Crippen molar-refractivity contribution in [2.75, 3.05) is 27.6 Å². The molecule has 0 aromatic carbocycles. The molecule has 5 nitrogen and oxygen atoms in total. The van der Waals surface area contributed by atoms with Crippen LogP contribution >= 0.6 is 0 Å². The molecule has 0 radical (unpaired) electrons. The van der Waals surface area contributed by atoms with Gasteiger partial charge in [-0.1, -0.05) is 0 Å². The van der Waals surface area contributed by atoms with E-state index in [0.717, 1.165) is 0 Å². The average molecular weight is 202 g/mol. The lowest BCUT2D eigenvalue weighted by atomic mass is 9.73. The molecule has 14 heavy (non-hydrogen) atoms. The highest BCUT2D eigenvalue weighted by Crippen LogP contribution is 2.44. The van der Waals surface area contributed by atoms with E-state index in [0.29, 0.717) is 6.42 Å². The van der Waals surface area contributed by atoms with Crippen molar-refractivity contribution in [3.8, 4) is 0 Å². The fourth-order valence-electron chi connectivity index (χ4n) is 2.05. The summed E-state index contributed by atoms with van der Waals surface area (Å²) in [6, 6.07) is 0. The minimum atomic E-state index is -0.756. The van der Waals surface area contributed by atoms with Crippen LogP contribution in [0.1, 0.15) is 6.42 Å². The lowest BCUT2D eigenvalue weighted by Gasteiger charge is -2.49. The second-order valence-electron chi connectivity index (χ2n) is 3.55. The molecule has 0 spiro atoms. The Hall–Kier alpha value is -0.490. The number of rotatable bonds is 2. The van der Waals surface area contributed by atoms with E-state index in [9.17, 15) is 4.79 Å². The summed E-state index contributed by atoms with van der Waals surface area (Å²) in [6.45, 7) is 0.256. The molecule has 0 amide bonds. The third-order valence-corrected chi connectivity index (χ3v) is 2.98. The number of ketones is 1. The minimum absolute atomic E-state index is 0.0669. The van der Waals surface area contributed by atoms with Crippen molar-refractivity contribution >= 4 is 5.78 Å². The first-order valence-electron chi connectivity index (χ1n) is 4.56. The summed E-state index contributed by atoms with van der Waals surface area (Å²) < 4.78 is 20.8. The van der Waals surface area contributed by atoms with Crippen molar-refractivity contribution in [2.24, 2.45) is 5.92 Å². The molecule has 2 aliphatic rings. The van der Waals surface area contributed by atoms with Gasteiger partial charge in [-0.25, -0.2) is 0 Å². The topological polar surface area (TPSA) is 54.0 Å². The Labute approximate surface area is 82.3 Å². The van der Waals surface area contributed by atoms with Crippen LogP contribution in [0.25, 0.3) is 0 Å². The Kier molecular flexibility index (Phi) is 2.57. The van der Waals surface area contributed by atoms with Gasteiger partial charge >= 0.3 is 0 Å². The zero-order chi connectivity index (χ0) is 10.2. The van der Waals surface area contributed by atoms with E-state index in [1.807, 2.05) is 0 Å². The van der Waals surface area contributed by atoms with E-state index >= 15 is 0 Å². The van der Waals surface area contributed by atoms with Gasteiger partial charge in [0.05, 0.1) is 5.92 Å². The summed E-state index contributed by atoms with van der Waals surface area (Å²) in [4.78, 5) is 11.5. The maximum atomic E-state index is 11.5. The SMILES string of the molecule is COC1(OC)C[C@H]2C(=O)COCO[C@@H]21. The maximum absolute atomic E-state index is 11.5. The molecule has 5 heteroatoms. The summed E-state index contributed by atoms with van der Waals surface area (Å²) in [5.74, 6) is -0.830. The van der Waals surface area contributed by atoms with Crippen molar-refractivity contribution in [1.29, 1.82) is 0 Å². The normalized spacial score (nSPS) is 35.7. The summed E-state index contributed by atoms with van der Waals surface area (Å²) in [5.41, 5.74) is 0. The lowest BCUT2D eigenvalue weighted by molar-refractivity contribution is -0.337. The van der Waals surface area contributed by atoms with Crippen LogP contribution in [0, 0.1) is 5.92 Å². The molecule has 1 saturated heterocycles. The van der Waals surface area contributed by atoms with Crippen LogP contribution < -0.4 is 0 Å². The van der Waals surface area contributed by atoms with Crippen molar-refractivity contribution in [2.45, 2.75) is 18.3 Å². The fourth-order valence-corrected chi connectivity index (χ4v) is 2.05. The molecule has 1 aliphatic heterocycles. The predicted molar refractivity (Wildman–Crippen MR) is 45.6 cm³/mol. The highest BCUT2D eigenvalue weighted by atomic mass is 16.7. The first-order chi connectivity index (χ1) is 6.73. The molecule has 0 unspecified atom stereocenters. The summed E-state index contributed by atoms with van der Waals surface area (Å²) in [7, 11) is 3.11. The van der Waals surface area contributed by atoms with Gasteiger partial charge in [0.2, 0.25) is 0 Å². The number of methoxy groups -OCH3 is 2. The van der Waals surface area contributed by atoms with Crippen LogP contribution in [0.15, 0.2) is 0 Å². The predicted octanol–water partition coefficient (Wildman–Crippen LogP) is -0.0626. The highest BCUT2D eigenvalue weighted by molar-refractivity contribution is 5.84. The summed E-state index contributed by atoms with van der Waals surface area (Å²) >= 11 is 0. The van der Waals surface area contributed by atoms with E-state index < -0.39 is 5.79 Å². The van der Waals surface area contributed by atoms with Crippen molar-refractivity contribution in [3.05, 3.63) is 0 Å². The van der Waals surface area contributed by atoms with Crippen LogP contribution in [0.3, 0.4) is 0 Å². The Balaban J connectivity index is 2.12. The molecule has 0 aromatic heterocycles. The van der Waals surface area contributed by atoms with Crippen molar-refractivity contribution < 1.29 is 23.7 Å². The molecule has 2 atom stereocenters. The van der Waals surface area contributed by atoms with Gasteiger partial charge in [-0.2, -0.15) is 0 Å². The number of ether oxygens (including phenoxy) is 4.